The molecule has 0 N–H and O–H groups in total. The van der Waals surface area contributed by atoms with Crippen LogP contribution in [0.2, 0.25) is 0 Å². The second-order valence-corrected chi connectivity index (χ2v) is 9.14. The molecule has 0 atom stereocenters. The van der Waals surface area contributed by atoms with Crippen molar-refractivity contribution in [1.29, 1.82) is 0 Å². The first-order valence-corrected chi connectivity index (χ1v) is 12.4. The van der Waals surface area contributed by atoms with Gasteiger partial charge in [0.1, 0.15) is 0 Å². The summed E-state index contributed by atoms with van der Waals surface area (Å²) in [5, 5.41) is 0. The third-order valence-electron chi connectivity index (χ3n) is 6.06. The fourth-order valence-electron chi connectivity index (χ4n) is 4.11. The molecule has 0 saturated heterocycles. The van der Waals surface area contributed by atoms with Crippen molar-refractivity contribution in [2.45, 2.75) is 116 Å². The van der Waals surface area contributed by atoms with Crippen molar-refractivity contribution < 1.29 is 0 Å². The van der Waals surface area contributed by atoms with Crippen molar-refractivity contribution in [3.8, 4) is 0 Å². The van der Waals surface area contributed by atoms with E-state index in [2.05, 4.69) is 50.2 Å². The highest BCUT2D eigenvalue weighted by atomic mass is 15.0. The highest BCUT2D eigenvalue weighted by Crippen LogP contribution is 2.15. The van der Waals surface area contributed by atoms with E-state index >= 15 is 0 Å². The number of benzene rings is 1. The molecule has 0 aliphatic heterocycles. The molecule has 0 spiro atoms. The van der Waals surface area contributed by atoms with Gasteiger partial charge in [0, 0.05) is 0 Å². The maximum Gasteiger partial charge on any atom is -0.00248 e. The molecule has 1 heteroatoms. The lowest BCUT2D eigenvalue weighted by molar-refractivity contribution is 0.389. The van der Waals surface area contributed by atoms with Crippen molar-refractivity contribution in [3.63, 3.8) is 0 Å². The normalized spacial score (nSPS) is 11.4. The molecule has 0 amide bonds. The zero-order valence-corrected chi connectivity index (χ0v) is 19.5. The Morgan fingerprint density at radius 2 is 0.929 bits per heavy atom. The summed E-state index contributed by atoms with van der Waals surface area (Å²) in [7, 11) is 4.35. The Hall–Kier alpha value is -0.820. The van der Waals surface area contributed by atoms with Crippen LogP contribution in [-0.4, -0.2) is 25.5 Å². The van der Waals surface area contributed by atoms with Gasteiger partial charge < -0.3 is 4.90 Å². The average molecular weight is 388 g/mol. The Labute approximate surface area is 177 Å². The molecule has 0 fully saturated rings. The van der Waals surface area contributed by atoms with Gasteiger partial charge in [-0.1, -0.05) is 114 Å². The molecular formula is C27H49N. The summed E-state index contributed by atoms with van der Waals surface area (Å²) in [5.74, 6) is 0. The van der Waals surface area contributed by atoms with Crippen LogP contribution in [0, 0.1) is 6.92 Å². The van der Waals surface area contributed by atoms with Gasteiger partial charge in [-0.15, -0.1) is 0 Å². The second-order valence-electron chi connectivity index (χ2n) is 9.14. The third-order valence-corrected chi connectivity index (χ3v) is 6.06. The summed E-state index contributed by atoms with van der Waals surface area (Å²) >= 11 is 0. The first-order chi connectivity index (χ1) is 13.7. The van der Waals surface area contributed by atoms with Crippen LogP contribution in [0.5, 0.6) is 0 Å². The van der Waals surface area contributed by atoms with Crippen LogP contribution in [0.1, 0.15) is 114 Å². The van der Waals surface area contributed by atoms with Crippen LogP contribution in [-0.2, 0) is 6.42 Å². The molecule has 1 aromatic carbocycles. The van der Waals surface area contributed by atoms with Crippen molar-refractivity contribution in [1.82, 2.24) is 4.90 Å². The topological polar surface area (TPSA) is 3.24 Å². The summed E-state index contributed by atoms with van der Waals surface area (Å²) in [6.45, 7) is 3.50. The molecule has 0 unspecified atom stereocenters. The average Bonchev–Trinajstić information content (AvgIpc) is 2.68. The van der Waals surface area contributed by atoms with Crippen LogP contribution in [0.4, 0.5) is 0 Å². The summed E-state index contributed by atoms with van der Waals surface area (Å²) in [6, 6.07) is 8.86. The van der Waals surface area contributed by atoms with Crippen molar-refractivity contribution in [3.05, 3.63) is 35.4 Å². The number of aryl methyl sites for hydroxylation is 2. The van der Waals surface area contributed by atoms with Gasteiger partial charge in [0.05, 0.1) is 0 Å². The predicted octanol–water partition coefficient (Wildman–Crippen LogP) is 8.34. The van der Waals surface area contributed by atoms with E-state index in [4.69, 9.17) is 0 Å². The Bertz CT molecular complexity index is 451. The number of nitrogens with zero attached hydrogens (tertiary/aromatic N) is 1. The van der Waals surface area contributed by atoms with Crippen LogP contribution in [0.25, 0.3) is 0 Å². The minimum absolute atomic E-state index is 1.26. The zero-order chi connectivity index (χ0) is 20.3. The lowest BCUT2D eigenvalue weighted by atomic mass is 10.0. The Balaban J connectivity index is 1.73. The van der Waals surface area contributed by atoms with Crippen molar-refractivity contribution in [2.75, 3.05) is 20.6 Å². The summed E-state index contributed by atoms with van der Waals surface area (Å²) < 4.78 is 0. The lowest BCUT2D eigenvalue weighted by Gasteiger charge is -2.08. The van der Waals surface area contributed by atoms with Crippen molar-refractivity contribution >= 4 is 0 Å². The standard InChI is InChI=1S/C27H49N/c1-26-22-19-20-24-27(26)23-18-16-14-12-10-8-6-4-5-7-9-11-13-15-17-21-25-28(2)3/h19-20,22,24H,4-18,21,23,25H2,1-3H3. The number of rotatable bonds is 19. The second kappa shape index (κ2) is 18.2. The van der Waals surface area contributed by atoms with E-state index in [-0.39, 0.29) is 0 Å². The minimum atomic E-state index is 1.26. The number of hydrogen-bond donors (Lipinski definition) is 0. The highest BCUT2D eigenvalue weighted by Gasteiger charge is 1.98. The van der Waals surface area contributed by atoms with E-state index < -0.39 is 0 Å². The zero-order valence-electron chi connectivity index (χ0n) is 19.5. The van der Waals surface area contributed by atoms with E-state index in [1.807, 2.05) is 0 Å². The van der Waals surface area contributed by atoms with Crippen molar-refractivity contribution in [2.24, 2.45) is 0 Å². The van der Waals surface area contributed by atoms with Crippen LogP contribution in [0.15, 0.2) is 24.3 Å². The van der Waals surface area contributed by atoms with Gasteiger partial charge in [0.25, 0.3) is 0 Å². The maximum atomic E-state index is 2.30. The first-order valence-electron chi connectivity index (χ1n) is 12.4. The Morgan fingerprint density at radius 3 is 1.36 bits per heavy atom. The molecule has 0 aromatic heterocycles. The Kier molecular flexibility index (Phi) is 16.4. The largest absolute Gasteiger partial charge is 0.309 e. The maximum absolute atomic E-state index is 2.30. The monoisotopic (exact) mass is 387 g/mol. The van der Waals surface area contributed by atoms with E-state index in [1.54, 1.807) is 5.56 Å². The number of unbranched alkanes of at least 4 members (excludes halogenated alkanes) is 15. The van der Waals surface area contributed by atoms with Gasteiger partial charge >= 0.3 is 0 Å². The van der Waals surface area contributed by atoms with Gasteiger partial charge in [0.2, 0.25) is 0 Å². The molecule has 0 radical (unpaired) electrons. The van der Waals surface area contributed by atoms with E-state index in [0.717, 1.165) is 0 Å². The first kappa shape index (κ1) is 25.2. The summed E-state index contributed by atoms with van der Waals surface area (Å²) in [6.07, 6.45) is 24.3. The Morgan fingerprint density at radius 1 is 0.536 bits per heavy atom. The molecule has 0 aliphatic rings. The van der Waals surface area contributed by atoms with Gasteiger partial charge in [-0.25, -0.2) is 0 Å². The molecule has 1 nitrogen and oxygen atoms in total. The van der Waals surface area contributed by atoms with Gasteiger partial charge in [-0.3, -0.25) is 0 Å². The molecule has 0 heterocycles. The predicted molar refractivity (Wildman–Crippen MR) is 127 cm³/mol. The SMILES string of the molecule is Cc1ccccc1CCCCCCCCCCCCCCCCCCN(C)C. The summed E-state index contributed by atoms with van der Waals surface area (Å²) in [4.78, 5) is 2.30. The number of hydrogen-bond acceptors (Lipinski definition) is 1. The van der Waals surface area contributed by atoms with Gasteiger partial charge in [0.15, 0.2) is 0 Å². The third kappa shape index (κ3) is 15.1. The van der Waals surface area contributed by atoms with E-state index in [1.165, 1.54) is 121 Å². The molecule has 1 rings (SSSR count). The molecule has 0 saturated carbocycles. The van der Waals surface area contributed by atoms with Crippen LogP contribution < -0.4 is 0 Å². The fourth-order valence-corrected chi connectivity index (χ4v) is 4.11. The minimum Gasteiger partial charge on any atom is -0.309 e. The molecule has 1 aromatic rings. The van der Waals surface area contributed by atoms with Crippen LogP contribution in [0.3, 0.4) is 0 Å². The van der Waals surface area contributed by atoms with Crippen LogP contribution >= 0.6 is 0 Å². The highest BCUT2D eigenvalue weighted by molar-refractivity contribution is 5.25. The van der Waals surface area contributed by atoms with E-state index in [0.29, 0.717) is 0 Å². The van der Waals surface area contributed by atoms with Gasteiger partial charge in [-0.2, -0.15) is 0 Å². The van der Waals surface area contributed by atoms with Gasteiger partial charge in [-0.05, 0) is 58.0 Å². The fraction of sp³-hybridized carbons (Fsp3) is 0.778. The van der Waals surface area contributed by atoms with E-state index in [9.17, 15) is 0 Å². The summed E-state index contributed by atoms with van der Waals surface area (Å²) in [5.41, 5.74) is 3.01. The molecule has 0 aliphatic carbocycles. The lowest BCUT2D eigenvalue weighted by Crippen LogP contribution is -2.12. The molecular weight excluding hydrogens is 338 g/mol. The molecule has 28 heavy (non-hydrogen) atoms. The smallest absolute Gasteiger partial charge is 0.00248 e. The molecule has 162 valence electrons. The molecule has 0 bridgehead atoms. The quantitative estimate of drug-likeness (QED) is 0.216.